The maximum absolute atomic E-state index is 12.7. The molecule has 28 heavy (non-hydrogen) atoms. The number of rotatable bonds is 5. The van der Waals surface area contributed by atoms with E-state index in [1.807, 2.05) is 0 Å². The molecule has 1 aromatic heterocycles. The topological polar surface area (TPSA) is 124 Å². The van der Waals surface area contributed by atoms with Crippen molar-refractivity contribution in [1.82, 2.24) is 20.8 Å². The molecule has 4 rings (SSSR count). The summed E-state index contributed by atoms with van der Waals surface area (Å²) in [7, 11) is 0. The number of hydrogen-bond donors (Lipinski definition) is 4. The first-order chi connectivity index (χ1) is 13.5. The molecule has 146 valence electrons. The van der Waals surface area contributed by atoms with Crippen LogP contribution in [0.25, 0.3) is 0 Å². The van der Waals surface area contributed by atoms with Crippen LogP contribution in [0.2, 0.25) is 0 Å². The minimum Gasteiger partial charge on any atom is -0.391 e. The van der Waals surface area contributed by atoms with Crippen molar-refractivity contribution >= 4 is 17.6 Å². The molecule has 0 aliphatic heterocycles. The van der Waals surface area contributed by atoms with Crippen molar-refractivity contribution in [2.45, 2.75) is 44.4 Å². The fraction of sp³-hybridized carbons (Fsp3) is 0.400. The molecule has 1 saturated carbocycles. The Hall–Kier alpha value is -3.00. The second-order valence-electron chi connectivity index (χ2n) is 7.37. The Morgan fingerprint density at radius 3 is 2.86 bits per heavy atom. The van der Waals surface area contributed by atoms with Gasteiger partial charge in [0, 0.05) is 29.7 Å². The van der Waals surface area contributed by atoms with E-state index in [1.165, 1.54) is 0 Å². The van der Waals surface area contributed by atoms with Crippen LogP contribution >= 0.6 is 0 Å². The van der Waals surface area contributed by atoms with Crippen molar-refractivity contribution in [2.75, 3.05) is 0 Å². The summed E-state index contributed by atoms with van der Waals surface area (Å²) in [5.74, 6) is -0.781. The van der Waals surface area contributed by atoms with E-state index in [-0.39, 0.29) is 23.5 Å². The van der Waals surface area contributed by atoms with Gasteiger partial charge in [0.2, 0.25) is 5.91 Å². The molecular weight excluding hydrogens is 360 g/mol. The highest BCUT2D eigenvalue weighted by Crippen LogP contribution is 2.28. The molecular formula is C20H22N4O4. The zero-order chi connectivity index (χ0) is 19.7. The molecule has 0 unspecified atom stereocenters. The van der Waals surface area contributed by atoms with Crippen LogP contribution in [-0.2, 0) is 17.8 Å². The van der Waals surface area contributed by atoms with Gasteiger partial charge in [0.15, 0.2) is 5.78 Å². The van der Waals surface area contributed by atoms with Gasteiger partial charge in [-0.05, 0) is 37.0 Å². The molecule has 0 saturated heterocycles. The number of H-pyrrole nitrogens is 1. The number of hydrogen-bond acceptors (Lipinski definition) is 5. The number of carbonyl (C=O) groups is 3. The Bertz CT molecular complexity index is 909. The van der Waals surface area contributed by atoms with Crippen molar-refractivity contribution in [1.29, 1.82) is 0 Å². The van der Waals surface area contributed by atoms with Gasteiger partial charge in [-0.25, -0.2) is 0 Å². The van der Waals surface area contributed by atoms with Crippen LogP contribution in [0, 0.1) is 5.92 Å². The van der Waals surface area contributed by atoms with Gasteiger partial charge in [0.05, 0.1) is 24.4 Å². The standard InChI is InChI=1S/C20H22N4O4/c25-17-5-4-13-14(17)2-1-3-15(13)20(28)23-16-8-11(9-18(16)26)19(27)21-10-12-6-7-22-24-12/h1-3,6-7,11,16,18,26H,4-5,8-10H2,(H,21,27)(H,22,24)(H,23,28)/t11-,16+,18+/m0/s1. The molecule has 1 aromatic carbocycles. The fourth-order valence-corrected chi connectivity index (χ4v) is 4.04. The highest BCUT2D eigenvalue weighted by atomic mass is 16.3. The van der Waals surface area contributed by atoms with Crippen molar-refractivity contribution in [3.05, 3.63) is 52.8 Å². The van der Waals surface area contributed by atoms with E-state index in [1.54, 1.807) is 30.5 Å². The monoisotopic (exact) mass is 382 g/mol. The fourth-order valence-electron chi connectivity index (χ4n) is 4.04. The van der Waals surface area contributed by atoms with E-state index >= 15 is 0 Å². The number of aromatic amines is 1. The molecule has 2 aliphatic rings. The first kappa shape index (κ1) is 18.4. The third kappa shape index (κ3) is 3.55. The minimum absolute atomic E-state index is 0.0551. The predicted octanol–water partition coefficient (Wildman–Crippen LogP) is 0.724. The summed E-state index contributed by atoms with van der Waals surface area (Å²) < 4.78 is 0. The summed E-state index contributed by atoms with van der Waals surface area (Å²) in [4.78, 5) is 37.0. The van der Waals surface area contributed by atoms with Gasteiger partial charge in [0.1, 0.15) is 0 Å². The van der Waals surface area contributed by atoms with E-state index in [9.17, 15) is 19.5 Å². The zero-order valence-corrected chi connectivity index (χ0v) is 15.3. The Labute approximate surface area is 161 Å². The third-order valence-corrected chi connectivity index (χ3v) is 5.55. The second-order valence-corrected chi connectivity index (χ2v) is 7.37. The van der Waals surface area contributed by atoms with Crippen LogP contribution in [0.3, 0.4) is 0 Å². The maximum Gasteiger partial charge on any atom is 0.251 e. The Kier molecular flexibility index (Phi) is 4.95. The first-order valence-corrected chi connectivity index (χ1v) is 9.43. The summed E-state index contributed by atoms with van der Waals surface area (Å²) >= 11 is 0. The van der Waals surface area contributed by atoms with Crippen LogP contribution < -0.4 is 10.6 Å². The average Bonchev–Trinajstić information content (AvgIpc) is 3.41. The van der Waals surface area contributed by atoms with Crippen LogP contribution in [0.15, 0.2) is 30.5 Å². The van der Waals surface area contributed by atoms with E-state index in [0.29, 0.717) is 43.4 Å². The number of fused-ring (bicyclic) bond motifs is 1. The number of benzene rings is 1. The molecule has 8 nitrogen and oxygen atoms in total. The number of carbonyl (C=O) groups excluding carboxylic acids is 3. The van der Waals surface area contributed by atoms with Gasteiger partial charge in [-0.15, -0.1) is 0 Å². The lowest BCUT2D eigenvalue weighted by molar-refractivity contribution is -0.125. The molecule has 1 heterocycles. The molecule has 0 radical (unpaired) electrons. The van der Waals surface area contributed by atoms with E-state index in [4.69, 9.17) is 0 Å². The summed E-state index contributed by atoms with van der Waals surface area (Å²) in [6, 6.07) is 6.42. The molecule has 2 amide bonds. The number of nitrogens with zero attached hydrogens (tertiary/aromatic N) is 1. The van der Waals surface area contributed by atoms with Gasteiger partial charge in [-0.1, -0.05) is 12.1 Å². The number of ketones is 1. The number of aromatic nitrogens is 2. The number of Topliss-reactive ketones (excluding diaryl/α,β-unsaturated/α-hetero) is 1. The quantitative estimate of drug-likeness (QED) is 0.607. The molecule has 0 bridgehead atoms. The maximum atomic E-state index is 12.7. The van der Waals surface area contributed by atoms with Crippen molar-refractivity contribution in [3.8, 4) is 0 Å². The van der Waals surface area contributed by atoms with Crippen LogP contribution in [0.1, 0.15) is 51.2 Å². The summed E-state index contributed by atoms with van der Waals surface area (Å²) in [5, 5.41) is 22.6. The van der Waals surface area contributed by atoms with E-state index in [0.717, 1.165) is 11.3 Å². The first-order valence-electron chi connectivity index (χ1n) is 9.43. The van der Waals surface area contributed by atoms with Gasteiger partial charge >= 0.3 is 0 Å². The zero-order valence-electron chi connectivity index (χ0n) is 15.3. The molecule has 2 aromatic rings. The summed E-state index contributed by atoms with van der Waals surface area (Å²) in [5.41, 5.74) is 2.65. The van der Waals surface area contributed by atoms with E-state index < -0.39 is 12.1 Å². The van der Waals surface area contributed by atoms with Crippen molar-refractivity contribution < 1.29 is 19.5 Å². The SMILES string of the molecule is O=C1CCc2c1cccc2C(=O)N[C@@H]1C[C@H](C(=O)NCc2ccn[nH]2)C[C@H]1O. The smallest absolute Gasteiger partial charge is 0.251 e. The Morgan fingerprint density at radius 1 is 1.21 bits per heavy atom. The van der Waals surface area contributed by atoms with E-state index in [2.05, 4.69) is 20.8 Å². The Balaban J connectivity index is 1.37. The van der Waals surface area contributed by atoms with Crippen LogP contribution in [0.4, 0.5) is 0 Å². The average molecular weight is 382 g/mol. The van der Waals surface area contributed by atoms with Crippen molar-refractivity contribution in [2.24, 2.45) is 5.92 Å². The summed E-state index contributed by atoms with van der Waals surface area (Å²) in [6.07, 6.45) is 2.47. The third-order valence-electron chi connectivity index (χ3n) is 5.55. The molecule has 8 heteroatoms. The minimum atomic E-state index is -0.787. The van der Waals surface area contributed by atoms with Crippen molar-refractivity contribution in [3.63, 3.8) is 0 Å². The number of nitrogens with one attached hydrogen (secondary N) is 3. The molecule has 2 aliphatic carbocycles. The lowest BCUT2D eigenvalue weighted by Gasteiger charge is -2.17. The lowest BCUT2D eigenvalue weighted by Crippen LogP contribution is -2.40. The highest BCUT2D eigenvalue weighted by Gasteiger charge is 2.38. The molecule has 1 fully saturated rings. The van der Waals surface area contributed by atoms with Crippen LogP contribution in [0.5, 0.6) is 0 Å². The van der Waals surface area contributed by atoms with Crippen LogP contribution in [-0.4, -0.2) is 45.0 Å². The molecule has 4 N–H and O–H groups in total. The summed E-state index contributed by atoms with van der Waals surface area (Å²) in [6.45, 7) is 0.340. The lowest BCUT2D eigenvalue weighted by atomic mass is 10.0. The number of aliphatic hydroxyl groups is 1. The molecule has 3 atom stereocenters. The van der Waals surface area contributed by atoms with Gasteiger partial charge in [-0.3, -0.25) is 19.5 Å². The second kappa shape index (κ2) is 7.55. The Morgan fingerprint density at radius 2 is 2.07 bits per heavy atom. The van der Waals surface area contributed by atoms with Gasteiger partial charge in [-0.2, -0.15) is 5.10 Å². The normalized spacial score (nSPS) is 23.5. The largest absolute Gasteiger partial charge is 0.391 e. The predicted molar refractivity (Wildman–Crippen MR) is 99.5 cm³/mol. The number of aliphatic hydroxyl groups excluding tert-OH is 1. The number of amides is 2. The van der Waals surface area contributed by atoms with Gasteiger partial charge < -0.3 is 15.7 Å². The molecule has 0 spiro atoms. The highest BCUT2D eigenvalue weighted by molar-refractivity contribution is 6.05. The van der Waals surface area contributed by atoms with Gasteiger partial charge in [0.25, 0.3) is 5.91 Å².